The van der Waals surface area contributed by atoms with Crippen LogP contribution in [0.3, 0.4) is 0 Å². The van der Waals surface area contributed by atoms with Crippen LogP contribution < -0.4 is 5.73 Å². The SMILES string of the molecule is C[C@@H](N)[C@H]1C[C@@H]1c1ccccc1Br. The fourth-order valence-electron chi connectivity index (χ4n) is 1.93. The molecule has 13 heavy (non-hydrogen) atoms. The highest BCUT2D eigenvalue weighted by Crippen LogP contribution is 2.50. The molecule has 0 unspecified atom stereocenters. The van der Waals surface area contributed by atoms with Gasteiger partial charge >= 0.3 is 0 Å². The van der Waals surface area contributed by atoms with Gasteiger partial charge in [-0.25, -0.2) is 0 Å². The van der Waals surface area contributed by atoms with Gasteiger partial charge in [0.2, 0.25) is 0 Å². The Balaban J connectivity index is 2.16. The summed E-state index contributed by atoms with van der Waals surface area (Å²) in [5, 5.41) is 0. The summed E-state index contributed by atoms with van der Waals surface area (Å²) in [6, 6.07) is 8.77. The van der Waals surface area contributed by atoms with Gasteiger partial charge in [0.15, 0.2) is 0 Å². The average Bonchev–Trinajstić information content (AvgIpc) is 2.84. The molecule has 1 aromatic carbocycles. The van der Waals surface area contributed by atoms with Gasteiger partial charge in [0, 0.05) is 10.5 Å². The molecule has 1 nitrogen and oxygen atoms in total. The Morgan fingerprint density at radius 2 is 2.15 bits per heavy atom. The summed E-state index contributed by atoms with van der Waals surface area (Å²) in [7, 11) is 0. The van der Waals surface area contributed by atoms with Crippen molar-refractivity contribution < 1.29 is 0 Å². The lowest BCUT2D eigenvalue weighted by atomic mass is 10.1. The van der Waals surface area contributed by atoms with Gasteiger partial charge in [0.05, 0.1) is 0 Å². The van der Waals surface area contributed by atoms with Gasteiger partial charge in [-0.1, -0.05) is 34.1 Å². The minimum Gasteiger partial charge on any atom is -0.328 e. The lowest BCUT2D eigenvalue weighted by molar-refractivity contribution is 0.631. The maximum absolute atomic E-state index is 5.86. The van der Waals surface area contributed by atoms with Crippen molar-refractivity contribution in [2.45, 2.75) is 25.3 Å². The third-order valence-corrected chi connectivity index (χ3v) is 3.54. The highest BCUT2D eigenvalue weighted by Gasteiger charge is 2.41. The molecule has 0 radical (unpaired) electrons. The predicted octanol–water partition coefficient (Wildman–Crippen LogP) is 2.90. The van der Waals surface area contributed by atoms with E-state index in [1.54, 1.807) is 0 Å². The van der Waals surface area contributed by atoms with Gasteiger partial charge in [-0.05, 0) is 36.8 Å². The van der Waals surface area contributed by atoms with Crippen LogP contribution in [0.15, 0.2) is 28.7 Å². The van der Waals surface area contributed by atoms with Gasteiger partial charge in [-0.15, -0.1) is 0 Å². The van der Waals surface area contributed by atoms with Crippen molar-refractivity contribution in [3.63, 3.8) is 0 Å². The number of hydrogen-bond acceptors (Lipinski definition) is 1. The number of hydrogen-bond donors (Lipinski definition) is 1. The molecule has 1 saturated carbocycles. The fraction of sp³-hybridized carbons (Fsp3) is 0.455. The molecule has 0 aromatic heterocycles. The van der Waals surface area contributed by atoms with E-state index in [-0.39, 0.29) is 0 Å². The van der Waals surface area contributed by atoms with Crippen LogP contribution in [-0.2, 0) is 0 Å². The first-order valence-electron chi connectivity index (χ1n) is 4.70. The molecule has 70 valence electrons. The van der Waals surface area contributed by atoms with Gasteiger partial charge in [0.1, 0.15) is 0 Å². The molecule has 0 spiro atoms. The van der Waals surface area contributed by atoms with E-state index < -0.39 is 0 Å². The standard InChI is InChI=1S/C11H14BrN/c1-7(13)9-6-10(9)8-4-2-3-5-11(8)12/h2-5,7,9-10H,6,13H2,1H3/t7-,9-,10-/m1/s1. The Kier molecular flexibility index (Phi) is 2.43. The van der Waals surface area contributed by atoms with Crippen LogP contribution in [0, 0.1) is 5.92 Å². The van der Waals surface area contributed by atoms with Gasteiger partial charge in [-0.2, -0.15) is 0 Å². The zero-order valence-electron chi connectivity index (χ0n) is 7.70. The first-order chi connectivity index (χ1) is 6.20. The van der Waals surface area contributed by atoms with E-state index in [1.165, 1.54) is 16.5 Å². The van der Waals surface area contributed by atoms with E-state index in [0.29, 0.717) is 17.9 Å². The van der Waals surface area contributed by atoms with Crippen LogP contribution >= 0.6 is 15.9 Å². The summed E-state index contributed by atoms with van der Waals surface area (Å²) in [5.41, 5.74) is 7.28. The highest BCUT2D eigenvalue weighted by atomic mass is 79.9. The van der Waals surface area contributed by atoms with Crippen molar-refractivity contribution in [1.82, 2.24) is 0 Å². The normalized spacial score (nSPS) is 28.5. The molecule has 0 saturated heterocycles. The topological polar surface area (TPSA) is 26.0 Å². The van der Waals surface area contributed by atoms with Crippen LogP contribution in [0.5, 0.6) is 0 Å². The van der Waals surface area contributed by atoms with E-state index in [9.17, 15) is 0 Å². The second-order valence-corrected chi connectivity index (χ2v) is 4.74. The smallest absolute Gasteiger partial charge is 0.0210 e. The van der Waals surface area contributed by atoms with Crippen LogP contribution in [0.2, 0.25) is 0 Å². The zero-order valence-corrected chi connectivity index (χ0v) is 9.29. The van der Waals surface area contributed by atoms with Crippen molar-refractivity contribution in [2.24, 2.45) is 11.7 Å². The number of nitrogens with two attached hydrogens (primary N) is 1. The molecule has 1 aliphatic rings. The quantitative estimate of drug-likeness (QED) is 0.845. The molecule has 0 aliphatic heterocycles. The van der Waals surface area contributed by atoms with E-state index in [1.807, 2.05) is 0 Å². The number of halogens is 1. The Hall–Kier alpha value is -0.340. The Labute approximate surface area is 87.5 Å². The summed E-state index contributed by atoms with van der Waals surface area (Å²) in [6.45, 7) is 2.10. The second kappa shape index (κ2) is 3.43. The Morgan fingerprint density at radius 3 is 2.69 bits per heavy atom. The van der Waals surface area contributed by atoms with Gasteiger partial charge in [-0.3, -0.25) is 0 Å². The van der Waals surface area contributed by atoms with Gasteiger partial charge < -0.3 is 5.73 Å². The lowest BCUT2D eigenvalue weighted by Crippen LogP contribution is -2.17. The molecular weight excluding hydrogens is 226 g/mol. The molecule has 2 heteroatoms. The summed E-state index contributed by atoms with van der Waals surface area (Å²) in [5.74, 6) is 1.38. The van der Waals surface area contributed by atoms with Crippen molar-refractivity contribution in [3.8, 4) is 0 Å². The minimum atomic E-state index is 0.331. The Morgan fingerprint density at radius 1 is 1.46 bits per heavy atom. The van der Waals surface area contributed by atoms with Crippen LogP contribution in [0.1, 0.15) is 24.8 Å². The third-order valence-electron chi connectivity index (χ3n) is 2.82. The summed E-state index contributed by atoms with van der Waals surface area (Å²) < 4.78 is 1.23. The number of rotatable bonds is 2. The molecule has 2 N–H and O–H groups in total. The van der Waals surface area contributed by atoms with Crippen molar-refractivity contribution >= 4 is 15.9 Å². The summed E-state index contributed by atoms with van der Waals surface area (Å²) in [4.78, 5) is 0. The van der Waals surface area contributed by atoms with E-state index >= 15 is 0 Å². The molecular formula is C11H14BrN. The molecule has 0 bridgehead atoms. The fourth-order valence-corrected chi connectivity index (χ4v) is 2.51. The van der Waals surface area contributed by atoms with Crippen LogP contribution in [0.4, 0.5) is 0 Å². The maximum atomic E-state index is 5.86. The molecule has 1 fully saturated rings. The van der Waals surface area contributed by atoms with Gasteiger partial charge in [0.25, 0.3) is 0 Å². The highest BCUT2D eigenvalue weighted by molar-refractivity contribution is 9.10. The maximum Gasteiger partial charge on any atom is 0.0210 e. The van der Waals surface area contributed by atoms with Crippen LogP contribution in [-0.4, -0.2) is 6.04 Å². The minimum absolute atomic E-state index is 0.331. The van der Waals surface area contributed by atoms with Crippen molar-refractivity contribution in [2.75, 3.05) is 0 Å². The molecule has 2 rings (SSSR count). The van der Waals surface area contributed by atoms with E-state index in [4.69, 9.17) is 5.73 Å². The first kappa shape index (κ1) is 9.22. The number of benzene rings is 1. The summed E-state index contributed by atoms with van der Waals surface area (Å²) in [6.07, 6.45) is 1.25. The van der Waals surface area contributed by atoms with Crippen LogP contribution in [0.25, 0.3) is 0 Å². The van der Waals surface area contributed by atoms with Crippen molar-refractivity contribution in [1.29, 1.82) is 0 Å². The van der Waals surface area contributed by atoms with Crippen molar-refractivity contribution in [3.05, 3.63) is 34.3 Å². The first-order valence-corrected chi connectivity index (χ1v) is 5.49. The van der Waals surface area contributed by atoms with E-state index in [0.717, 1.165) is 0 Å². The summed E-state index contributed by atoms with van der Waals surface area (Å²) >= 11 is 3.57. The molecule has 0 heterocycles. The predicted molar refractivity (Wildman–Crippen MR) is 58.6 cm³/mol. The monoisotopic (exact) mass is 239 g/mol. The molecule has 0 amide bonds. The second-order valence-electron chi connectivity index (χ2n) is 3.89. The molecule has 1 aliphatic carbocycles. The largest absolute Gasteiger partial charge is 0.328 e. The molecule has 1 aromatic rings. The third kappa shape index (κ3) is 1.79. The van der Waals surface area contributed by atoms with E-state index in [2.05, 4.69) is 47.1 Å². The lowest BCUT2D eigenvalue weighted by Gasteiger charge is -2.05. The zero-order chi connectivity index (χ0) is 9.42. The Bertz CT molecular complexity index is 309. The average molecular weight is 240 g/mol. The molecule has 3 atom stereocenters.